The lowest BCUT2D eigenvalue weighted by Crippen LogP contribution is -1.77. The van der Waals surface area contributed by atoms with Gasteiger partial charge in [-0.1, -0.05) is 141 Å². The molecule has 0 aromatic rings. The van der Waals surface area contributed by atoms with E-state index in [0.29, 0.717) is 0 Å². The highest BCUT2D eigenvalue weighted by Gasteiger charge is 2.34. The van der Waals surface area contributed by atoms with Crippen LogP contribution in [0.1, 0.15) is 0 Å². The minimum atomic E-state index is 1.03. The topological polar surface area (TPSA) is 0 Å². The van der Waals surface area contributed by atoms with E-state index in [1.807, 2.05) is 282 Å². The maximum atomic E-state index is 2.23. The predicted octanol–water partition coefficient (Wildman–Crippen LogP) is 19.8. The van der Waals surface area contributed by atoms with Gasteiger partial charge in [0.1, 0.15) is 0 Å². The van der Waals surface area contributed by atoms with E-state index >= 15 is 0 Å². The summed E-state index contributed by atoms with van der Waals surface area (Å²) < 4.78 is 26.2. The van der Waals surface area contributed by atoms with Gasteiger partial charge >= 0.3 is 0 Å². The van der Waals surface area contributed by atoms with Crippen LogP contribution in [0.5, 0.6) is 0 Å². The van der Waals surface area contributed by atoms with Gasteiger partial charge in [-0.15, -0.1) is 141 Å². The molecule has 0 saturated heterocycles. The van der Waals surface area contributed by atoms with Crippen LogP contribution in [0.4, 0.5) is 0 Å². The SMILES string of the molecule is CSC1=C(SC)SC(=C2SC(SC)=C(SCSC3=C(SCSC4=C(SC)SC(=C5SC(SC)=C(SC)S5)S4)SC(=C4SC(SC)=C(SC)S4)S3)S2)S1. The van der Waals surface area contributed by atoms with Crippen LogP contribution in [0.25, 0.3) is 0 Å². The zero-order valence-electron chi connectivity index (χ0n) is 28.2. The van der Waals surface area contributed by atoms with Gasteiger partial charge in [-0.3, -0.25) is 0 Å². The van der Waals surface area contributed by atoms with Crippen molar-refractivity contribution in [3.63, 3.8) is 0 Å². The van der Waals surface area contributed by atoms with Gasteiger partial charge in [-0.2, -0.15) is 0 Å². The summed E-state index contributed by atoms with van der Waals surface area (Å²) >= 11 is 47.0. The largest absolute Gasteiger partial charge is 0.121 e. The Balaban J connectivity index is 1.11. The van der Waals surface area contributed by atoms with Gasteiger partial charge in [0, 0.05) is 10.2 Å². The first kappa shape index (κ1) is 47.5. The second-order valence-electron chi connectivity index (χ2n) is 8.85. The van der Waals surface area contributed by atoms with E-state index in [-0.39, 0.29) is 0 Å². The summed E-state index contributed by atoms with van der Waals surface area (Å²) in [6.07, 6.45) is 17.7. The van der Waals surface area contributed by atoms with Crippen molar-refractivity contribution < 1.29 is 0 Å². The molecule has 0 N–H and O–H groups in total. The van der Waals surface area contributed by atoms with Crippen LogP contribution >= 0.6 is 282 Å². The summed E-state index contributed by atoms with van der Waals surface area (Å²) in [4.78, 5) is 0. The Labute approximate surface area is 411 Å². The molecular weight excluding hydrogens is 1110 g/mol. The maximum absolute atomic E-state index is 2.23. The van der Waals surface area contributed by atoms with Gasteiger partial charge in [0.25, 0.3) is 0 Å². The smallest absolute Gasteiger partial charge is 0.0717 e. The summed E-state index contributed by atoms with van der Waals surface area (Å²) in [5.41, 5.74) is 0. The van der Waals surface area contributed by atoms with E-state index in [4.69, 9.17) is 0 Å². The molecule has 0 unspecified atom stereocenters. The highest BCUT2D eigenvalue weighted by atomic mass is 32.3. The van der Waals surface area contributed by atoms with Crippen LogP contribution in [0, 0.1) is 0 Å². The monoisotopic (exact) mass is 1130 g/mol. The molecule has 0 bridgehead atoms. The molecule has 0 nitrogen and oxygen atoms in total. The second-order valence-corrected chi connectivity index (χ2v) is 36.9. The van der Waals surface area contributed by atoms with E-state index in [9.17, 15) is 0 Å². The van der Waals surface area contributed by atoms with Crippen molar-refractivity contribution in [3.8, 4) is 0 Å². The Morgan fingerprint density at radius 3 is 0.538 bits per heavy atom. The summed E-state index contributed by atoms with van der Waals surface area (Å²) in [5, 5.41) is 2.05. The quantitative estimate of drug-likeness (QED) is 0.135. The standard InChI is InChI=1S/C28H28S24/c1-29-11-12(30-2)42-23(41-11)26-47-17(35-7)19(49-26)37-9-39-21-22(52-28(51-21)25-45-15(33-5)16(34-6)46-25)40-10-38-20-18(36-8)48-27(50-20)24-43-13(31-3)14(32-4)44-24/h9-10H2,1-8H3. The van der Waals surface area contributed by atoms with Gasteiger partial charge in [-0.05, 0) is 50.0 Å². The van der Waals surface area contributed by atoms with Crippen molar-refractivity contribution in [2.24, 2.45) is 0 Å². The molecule has 0 fully saturated rings. The van der Waals surface area contributed by atoms with Crippen molar-refractivity contribution in [3.05, 3.63) is 76.3 Å². The van der Waals surface area contributed by atoms with Gasteiger partial charge in [0.2, 0.25) is 0 Å². The molecule has 0 atom stereocenters. The number of hydrogen-bond acceptors (Lipinski definition) is 24. The van der Waals surface area contributed by atoms with E-state index in [0.717, 1.165) is 10.2 Å². The first-order valence-electron chi connectivity index (χ1n) is 14.0. The van der Waals surface area contributed by atoms with Crippen molar-refractivity contribution in [1.29, 1.82) is 0 Å². The zero-order chi connectivity index (χ0) is 36.8. The lowest BCUT2D eigenvalue weighted by molar-refractivity contribution is 2.17. The fourth-order valence-corrected chi connectivity index (χ4v) is 37.4. The Kier molecular flexibility index (Phi) is 22.1. The first-order valence-corrected chi connectivity index (χ1v) is 37.6. The van der Waals surface area contributed by atoms with Crippen molar-refractivity contribution in [2.45, 2.75) is 0 Å². The van der Waals surface area contributed by atoms with Crippen molar-refractivity contribution in [2.75, 3.05) is 60.2 Å². The molecule has 284 valence electrons. The number of rotatable bonds is 16. The van der Waals surface area contributed by atoms with E-state index < -0.39 is 0 Å². The normalized spacial score (nSPS) is 21.7. The summed E-state index contributed by atoms with van der Waals surface area (Å²) in [6.45, 7) is 0. The predicted molar refractivity (Wildman–Crippen MR) is 303 cm³/mol. The minimum Gasteiger partial charge on any atom is -0.121 e. The van der Waals surface area contributed by atoms with Crippen LogP contribution in [-0.2, 0) is 0 Å². The average molecular weight is 1130 g/mol. The van der Waals surface area contributed by atoms with E-state index in [1.165, 1.54) is 76.3 Å². The molecule has 0 aliphatic carbocycles. The molecule has 0 radical (unpaired) electrons. The highest BCUT2D eigenvalue weighted by Crippen LogP contribution is 2.70. The van der Waals surface area contributed by atoms with Crippen LogP contribution in [0.15, 0.2) is 76.3 Å². The average Bonchev–Trinajstić information content (AvgIpc) is 4.02. The maximum Gasteiger partial charge on any atom is 0.0717 e. The summed E-state index contributed by atoms with van der Waals surface area (Å²) in [7, 11) is 0. The van der Waals surface area contributed by atoms with Crippen LogP contribution in [0.2, 0.25) is 0 Å². The molecule has 6 aliphatic heterocycles. The Bertz CT molecular complexity index is 1570. The highest BCUT2D eigenvalue weighted by molar-refractivity contribution is 8.49. The third-order valence-electron chi connectivity index (χ3n) is 5.97. The molecule has 0 amide bonds. The second kappa shape index (κ2) is 24.2. The third-order valence-corrected chi connectivity index (χ3v) is 39.7. The molecule has 6 aliphatic rings. The fourth-order valence-electron chi connectivity index (χ4n) is 3.76. The number of thioether (sulfide) groups is 24. The molecule has 0 aromatic carbocycles. The summed E-state index contributed by atoms with van der Waals surface area (Å²) in [6, 6.07) is 0. The molecule has 52 heavy (non-hydrogen) atoms. The lowest BCUT2D eigenvalue weighted by Gasteiger charge is -2.07. The lowest BCUT2D eigenvalue weighted by atomic mass is 11.2. The van der Waals surface area contributed by atoms with Crippen molar-refractivity contribution >= 4 is 282 Å². The zero-order valence-corrected chi connectivity index (χ0v) is 47.8. The van der Waals surface area contributed by atoms with Gasteiger partial charge in [0.15, 0.2) is 0 Å². The van der Waals surface area contributed by atoms with Gasteiger partial charge in [0.05, 0.1) is 76.3 Å². The minimum absolute atomic E-state index is 1.03. The van der Waals surface area contributed by atoms with Gasteiger partial charge in [-0.25, -0.2) is 0 Å². The molecule has 0 aromatic heterocycles. The fraction of sp³-hybridized carbons (Fsp3) is 0.357. The van der Waals surface area contributed by atoms with Crippen LogP contribution in [-0.4, -0.2) is 60.2 Å². The van der Waals surface area contributed by atoms with Crippen molar-refractivity contribution in [1.82, 2.24) is 0 Å². The molecule has 6 rings (SSSR count). The molecule has 6 heterocycles. The molecule has 0 saturated carbocycles. The van der Waals surface area contributed by atoms with Crippen LogP contribution in [0.3, 0.4) is 0 Å². The van der Waals surface area contributed by atoms with Gasteiger partial charge < -0.3 is 0 Å². The molecular formula is C28H28S24. The van der Waals surface area contributed by atoms with E-state index in [1.54, 1.807) is 0 Å². The Hall–Kier alpha value is 6.06. The number of hydrogen-bond donors (Lipinski definition) is 0. The van der Waals surface area contributed by atoms with Crippen LogP contribution < -0.4 is 0 Å². The third kappa shape index (κ3) is 12.2. The molecule has 0 spiro atoms. The first-order chi connectivity index (χ1) is 25.4. The summed E-state index contributed by atoms with van der Waals surface area (Å²) in [5.74, 6) is 0. The Morgan fingerprint density at radius 1 is 0.231 bits per heavy atom. The molecule has 24 heteroatoms. The van der Waals surface area contributed by atoms with E-state index in [2.05, 4.69) is 50.0 Å². The Morgan fingerprint density at radius 2 is 0.365 bits per heavy atom.